The zero-order chi connectivity index (χ0) is 22.7. The van der Waals surface area contributed by atoms with E-state index >= 15 is 0 Å². The Morgan fingerprint density at radius 2 is 2.03 bits per heavy atom. The van der Waals surface area contributed by atoms with Crippen LogP contribution >= 0.6 is 0 Å². The Bertz CT molecular complexity index is 1080. The predicted octanol–water partition coefficient (Wildman–Crippen LogP) is 4.46. The molecule has 1 amide bonds. The molecule has 4 rings (SSSR count). The highest BCUT2D eigenvalue weighted by Crippen LogP contribution is 2.30. The summed E-state index contributed by atoms with van der Waals surface area (Å²) in [6.07, 6.45) is -2.13. The number of amides is 1. The summed E-state index contributed by atoms with van der Waals surface area (Å²) in [7, 11) is 0. The fourth-order valence-electron chi connectivity index (χ4n) is 3.57. The van der Waals surface area contributed by atoms with E-state index < -0.39 is 17.8 Å². The van der Waals surface area contributed by atoms with Gasteiger partial charge in [0.2, 0.25) is 5.76 Å². The molecule has 0 bridgehead atoms. The van der Waals surface area contributed by atoms with Crippen molar-refractivity contribution in [3.63, 3.8) is 0 Å². The monoisotopic (exact) mass is 445 g/mol. The number of aryl methyl sites for hydroxylation is 1. The first-order chi connectivity index (χ1) is 15.3. The van der Waals surface area contributed by atoms with Crippen LogP contribution in [0.3, 0.4) is 0 Å². The fraction of sp³-hybridized carbons (Fsp3) is 0.348. The van der Waals surface area contributed by atoms with Crippen LogP contribution in [0.2, 0.25) is 0 Å². The molecule has 1 fully saturated rings. The maximum absolute atomic E-state index is 12.9. The lowest BCUT2D eigenvalue weighted by Crippen LogP contribution is -2.42. The third-order valence-corrected chi connectivity index (χ3v) is 5.33. The van der Waals surface area contributed by atoms with E-state index in [1.807, 2.05) is 13.0 Å². The third-order valence-electron chi connectivity index (χ3n) is 5.33. The molecule has 6 nitrogen and oxygen atoms in total. The first kappa shape index (κ1) is 22.0. The second kappa shape index (κ2) is 9.12. The lowest BCUT2D eigenvalue weighted by atomic mass is 10.0. The number of hydrogen-bond donors (Lipinski definition) is 0. The van der Waals surface area contributed by atoms with E-state index in [0.29, 0.717) is 43.8 Å². The number of halogens is 3. The van der Waals surface area contributed by atoms with Crippen LogP contribution in [0.1, 0.15) is 51.7 Å². The van der Waals surface area contributed by atoms with Crippen LogP contribution in [-0.2, 0) is 23.8 Å². The van der Waals surface area contributed by atoms with Crippen molar-refractivity contribution >= 4 is 5.91 Å². The zero-order valence-corrected chi connectivity index (χ0v) is 17.4. The van der Waals surface area contributed by atoms with Crippen molar-refractivity contribution in [3.8, 4) is 0 Å². The third kappa shape index (κ3) is 4.99. The van der Waals surface area contributed by atoms with Crippen LogP contribution in [0.5, 0.6) is 0 Å². The Hall–Kier alpha value is -3.20. The van der Waals surface area contributed by atoms with Crippen molar-refractivity contribution in [1.29, 1.82) is 0 Å². The fourth-order valence-corrected chi connectivity index (χ4v) is 3.57. The molecule has 0 spiro atoms. The van der Waals surface area contributed by atoms with Crippen molar-refractivity contribution in [1.82, 2.24) is 15.0 Å². The number of hydrogen-bond acceptors (Lipinski definition) is 5. The van der Waals surface area contributed by atoms with E-state index in [-0.39, 0.29) is 11.7 Å². The van der Waals surface area contributed by atoms with Crippen molar-refractivity contribution in [2.45, 2.75) is 32.0 Å². The maximum Gasteiger partial charge on any atom is 0.416 e. The Labute approximate surface area is 183 Å². The summed E-state index contributed by atoms with van der Waals surface area (Å²) in [6, 6.07) is 10.5. The summed E-state index contributed by atoms with van der Waals surface area (Å²) in [5.74, 6) is -0.0430. The van der Waals surface area contributed by atoms with Gasteiger partial charge in [0.25, 0.3) is 5.91 Å². The largest absolute Gasteiger partial charge is 0.416 e. The van der Waals surface area contributed by atoms with E-state index in [1.54, 1.807) is 29.3 Å². The minimum absolute atomic E-state index is 0.201. The van der Waals surface area contributed by atoms with Crippen molar-refractivity contribution in [2.24, 2.45) is 0 Å². The number of benzene rings is 1. The summed E-state index contributed by atoms with van der Waals surface area (Å²) in [6.45, 7) is 3.05. The molecule has 1 atom stereocenters. The zero-order valence-electron chi connectivity index (χ0n) is 17.4. The number of morpholine rings is 1. The standard InChI is InChI=1S/C23H22F3N3O3/c1-2-18-12-20(32-28-18)22(30)29-8-9-31-21(14-29)19-7-6-16(13-27-19)10-15-4-3-5-17(11-15)23(24,25)26/h3-7,11-13,21H,2,8-10,14H2,1H3/t21-/m1/s1. The van der Waals surface area contributed by atoms with Crippen molar-refractivity contribution < 1.29 is 27.2 Å². The molecule has 1 aromatic carbocycles. The van der Waals surface area contributed by atoms with Crippen LogP contribution < -0.4 is 0 Å². The minimum atomic E-state index is -4.37. The lowest BCUT2D eigenvalue weighted by molar-refractivity contribution is -0.137. The lowest BCUT2D eigenvalue weighted by Gasteiger charge is -2.32. The van der Waals surface area contributed by atoms with Gasteiger partial charge in [0.15, 0.2) is 0 Å². The van der Waals surface area contributed by atoms with Crippen LogP contribution in [0.15, 0.2) is 53.2 Å². The van der Waals surface area contributed by atoms with Gasteiger partial charge in [-0.1, -0.05) is 36.3 Å². The molecule has 1 aliphatic heterocycles. The SMILES string of the molecule is CCc1cc(C(=O)N2CCO[C@@H](c3ccc(Cc4cccc(C(F)(F)F)c4)cn3)C2)on1. The van der Waals surface area contributed by atoms with Crippen LogP contribution in [0.4, 0.5) is 13.2 Å². The summed E-state index contributed by atoms with van der Waals surface area (Å²) in [5.41, 5.74) is 2.04. The van der Waals surface area contributed by atoms with Crippen LogP contribution in [0.25, 0.3) is 0 Å². The molecule has 3 heterocycles. The average molecular weight is 445 g/mol. The Balaban J connectivity index is 1.42. The first-order valence-electron chi connectivity index (χ1n) is 10.3. The van der Waals surface area contributed by atoms with Gasteiger partial charge in [-0.25, -0.2) is 0 Å². The summed E-state index contributed by atoms with van der Waals surface area (Å²) in [5, 5.41) is 3.86. The summed E-state index contributed by atoms with van der Waals surface area (Å²) in [4.78, 5) is 18.8. The van der Waals surface area contributed by atoms with E-state index in [2.05, 4.69) is 10.1 Å². The topological polar surface area (TPSA) is 68.5 Å². The van der Waals surface area contributed by atoms with E-state index in [1.165, 1.54) is 6.07 Å². The summed E-state index contributed by atoms with van der Waals surface area (Å²) >= 11 is 0. The molecule has 0 aliphatic carbocycles. The molecule has 32 heavy (non-hydrogen) atoms. The molecule has 0 N–H and O–H groups in total. The normalized spacial score (nSPS) is 16.9. The molecule has 3 aromatic rings. The number of ether oxygens (including phenoxy) is 1. The number of carbonyl (C=O) groups is 1. The van der Waals surface area contributed by atoms with E-state index in [0.717, 1.165) is 23.4 Å². The van der Waals surface area contributed by atoms with Gasteiger partial charge in [-0.05, 0) is 36.1 Å². The molecule has 1 aliphatic rings. The molecular weight excluding hydrogens is 423 g/mol. The minimum Gasteiger partial charge on any atom is -0.368 e. The Kier molecular flexibility index (Phi) is 6.27. The number of carbonyl (C=O) groups excluding carboxylic acids is 1. The van der Waals surface area contributed by atoms with Gasteiger partial charge in [-0.15, -0.1) is 0 Å². The maximum atomic E-state index is 12.9. The van der Waals surface area contributed by atoms with Gasteiger partial charge in [0.1, 0.15) is 6.10 Å². The average Bonchev–Trinajstić information content (AvgIpc) is 3.28. The number of pyridine rings is 1. The second-order valence-electron chi connectivity index (χ2n) is 7.61. The van der Waals surface area contributed by atoms with Crippen molar-refractivity contribution in [2.75, 3.05) is 19.7 Å². The molecule has 0 unspecified atom stereocenters. The Morgan fingerprint density at radius 3 is 2.72 bits per heavy atom. The van der Waals surface area contributed by atoms with E-state index in [9.17, 15) is 18.0 Å². The van der Waals surface area contributed by atoms with Gasteiger partial charge in [-0.3, -0.25) is 9.78 Å². The van der Waals surface area contributed by atoms with Gasteiger partial charge < -0.3 is 14.2 Å². The highest BCUT2D eigenvalue weighted by atomic mass is 19.4. The molecule has 0 saturated carbocycles. The molecule has 9 heteroatoms. The highest BCUT2D eigenvalue weighted by Gasteiger charge is 2.31. The van der Waals surface area contributed by atoms with E-state index in [4.69, 9.17) is 9.26 Å². The van der Waals surface area contributed by atoms with Gasteiger partial charge in [-0.2, -0.15) is 13.2 Å². The van der Waals surface area contributed by atoms with Crippen LogP contribution in [-0.4, -0.2) is 40.6 Å². The van der Waals surface area contributed by atoms with Gasteiger partial charge in [0, 0.05) is 18.8 Å². The number of aromatic nitrogens is 2. The highest BCUT2D eigenvalue weighted by molar-refractivity contribution is 5.91. The van der Waals surface area contributed by atoms with Gasteiger partial charge >= 0.3 is 6.18 Å². The smallest absolute Gasteiger partial charge is 0.368 e. The number of rotatable bonds is 5. The molecule has 0 radical (unpaired) electrons. The second-order valence-corrected chi connectivity index (χ2v) is 7.61. The molecule has 1 saturated heterocycles. The Morgan fingerprint density at radius 1 is 1.19 bits per heavy atom. The predicted molar refractivity (Wildman–Crippen MR) is 109 cm³/mol. The molecular formula is C23H22F3N3O3. The number of alkyl halides is 3. The molecule has 168 valence electrons. The quantitative estimate of drug-likeness (QED) is 0.580. The summed E-state index contributed by atoms with van der Waals surface area (Å²) < 4.78 is 49.7. The van der Waals surface area contributed by atoms with Crippen LogP contribution in [0, 0.1) is 0 Å². The van der Waals surface area contributed by atoms with Gasteiger partial charge in [0.05, 0.1) is 30.1 Å². The first-order valence-corrected chi connectivity index (χ1v) is 10.3. The van der Waals surface area contributed by atoms with Crippen molar-refractivity contribution in [3.05, 3.63) is 82.5 Å². The molecule has 2 aromatic heterocycles. The number of nitrogens with zero attached hydrogens (tertiary/aromatic N) is 3.